The van der Waals surface area contributed by atoms with E-state index in [0.717, 1.165) is 12.0 Å². The molecule has 2 atom stereocenters. The molecule has 0 saturated carbocycles. The number of rotatable bonds is 9. The molecule has 29 heavy (non-hydrogen) atoms. The van der Waals surface area contributed by atoms with E-state index < -0.39 is 7.92 Å². The second-order valence-electron chi connectivity index (χ2n) is 7.02. The SMILES string of the molecule is CC[C@H](CC(=O)N[C@@H](CO)c1ccccc1)P(c1ccccc1)c1ccccc1. The van der Waals surface area contributed by atoms with E-state index in [4.69, 9.17) is 0 Å². The molecule has 1 amide bonds. The van der Waals surface area contributed by atoms with Gasteiger partial charge in [0.1, 0.15) is 0 Å². The van der Waals surface area contributed by atoms with Crippen LogP contribution in [-0.2, 0) is 4.79 Å². The molecular formula is C25H28NO2P. The molecule has 3 aromatic carbocycles. The van der Waals surface area contributed by atoms with Gasteiger partial charge in [0.15, 0.2) is 0 Å². The Hall–Kier alpha value is -2.48. The highest BCUT2D eigenvalue weighted by Gasteiger charge is 2.26. The van der Waals surface area contributed by atoms with E-state index in [1.54, 1.807) is 0 Å². The Morgan fingerprint density at radius 2 is 1.34 bits per heavy atom. The smallest absolute Gasteiger partial charge is 0.221 e. The summed E-state index contributed by atoms with van der Waals surface area (Å²) in [7, 11) is -0.654. The topological polar surface area (TPSA) is 49.3 Å². The van der Waals surface area contributed by atoms with Crippen LogP contribution in [0.5, 0.6) is 0 Å². The van der Waals surface area contributed by atoms with E-state index in [9.17, 15) is 9.90 Å². The number of hydrogen-bond acceptors (Lipinski definition) is 2. The molecule has 0 radical (unpaired) electrons. The van der Waals surface area contributed by atoms with Gasteiger partial charge in [0, 0.05) is 6.42 Å². The molecule has 0 spiro atoms. The Bertz CT molecular complexity index is 832. The van der Waals surface area contributed by atoms with Crippen molar-refractivity contribution in [2.24, 2.45) is 0 Å². The number of carbonyl (C=O) groups is 1. The van der Waals surface area contributed by atoms with Crippen LogP contribution in [0, 0.1) is 0 Å². The zero-order chi connectivity index (χ0) is 20.5. The third-order valence-corrected chi connectivity index (χ3v) is 8.03. The Morgan fingerprint density at radius 3 is 1.79 bits per heavy atom. The number of amides is 1. The second kappa shape index (κ2) is 10.9. The van der Waals surface area contributed by atoms with Gasteiger partial charge in [-0.3, -0.25) is 4.79 Å². The lowest BCUT2D eigenvalue weighted by atomic mass is 10.1. The lowest BCUT2D eigenvalue weighted by Gasteiger charge is -2.28. The van der Waals surface area contributed by atoms with Crippen molar-refractivity contribution in [2.75, 3.05) is 6.61 Å². The van der Waals surface area contributed by atoms with Crippen LogP contribution in [0.1, 0.15) is 31.4 Å². The first-order valence-corrected chi connectivity index (χ1v) is 11.5. The minimum atomic E-state index is -0.654. The lowest BCUT2D eigenvalue weighted by molar-refractivity contribution is -0.122. The predicted octanol–water partition coefficient (Wildman–Crippen LogP) is 4.14. The number of carbonyl (C=O) groups excluding carboxylic acids is 1. The molecule has 3 rings (SSSR count). The van der Waals surface area contributed by atoms with Crippen molar-refractivity contribution in [1.82, 2.24) is 5.32 Å². The number of aliphatic hydroxyl groups excluding tert-OH is 1. The molecule has 0 heterocycles. The van der Waals surface area contributed by atoms with E-state index in [2.05, 4.69) is 60.8 Å². The van der Waals surface area contributed by atoms with Gasteiger partial charge in [-0.05, 0) is 36.2 Å². The summed E-state index contributed by atoms with van der Waals surface area (Å²) in [5, 5.41) is 15.4. The molecule has 0 aliphatic rings. The Morgan fingerprint density at radius 1 is 0.862 bits per heavy atom. The summed E-state index contributed by atoms with van der Waals surface area (Å²) in [6, 6.07) is 30.2. The third-order valence-electron chi connectivity index (χ3n) is 5.05. The Labute approximate surface area is 174 Å². The summed E-state index contributed by atoms with van der Waals surface area (Å²) >= 11 is 0. The molecule has 0 saturated heterocycles. The summed E-state index contributed by atoms with van der Waals surface area (Å²) < 4.78 is 0. The number of nitrogens with one attached hydrogen (secondary N) is 1. The number of aliphatic hydroxyl groups is 1. The Kier molecular flexibility index (Phi) is 7.98. The molecule has 3 nitrogen and oxygen atoms in total. The van der Waals surface area contributed by atoms with Gasteiger partial charge in [0.2, 0.25) is 5.91 Å². The molecule has 2 N–H and O–H groups in total. The molecule has 0 aromatic heterocycles. The van der Waals surface area contributed by atoms with E-state index in [-0.39, 0.29) is 24.2 Å². The zero-order valence-corrected chi connectivity index (χ0v) is 17.6. The van der Waals surface area contributed by atoms with E-state index in [0.29, 0.717) is 6.42 Å². The van der Waals surface area contributed by atoms with Crippen LogP contribution >= 0.6 is 7.92 Å². The molecule has 0 bridgehead atoms. The summed E-state index contributed by atoms with van der Waals surface area (Å²) in [5.74, 6) is -0.0147. The molecule has 0 fully saturated rings. The molecule has 4 heteroatoms. The van der Waals surface area contributed by atoms with Crippen molar-refractivity contribution in [3.63, 3.8) is 0 Å². The maximum atomic E-state index is 12.9. The van der Waals surface area contributed by atoms with Crippen molar-refractivity contribution < 1.29 is 9.90 Å². The van der Waals surface area contributed by atoms with E-state index >= 15 is 0 Å². The van der Waals surface area contributed by atoms with Crippen LogP contribution < -0.4 is 15.9 Å². The summed E-state index contributed by atoms with van der Waals surface area (Å²) in [4.78, 5) is 12.9. The maximum absolute atomic E-state index is 12.9. The van der Waals surface area contributed by atoms with Gasteiger partial charge < -0.3 is 10.4 Å². The summed E-state index contributed by atoms with van der Waals surface area (Å²) in [6.07, 6.45) is 1.35. The predicted molar refractivity (Wildman–Crippen MR) is 122 cm³/mol. The van der Waals surface area contributed by atoms with Crippen LogP contribution in [-0.4, -0.2) is 23.3 Å². The second-order valence-corrected chi connectivity index (χ2v) is 9.52. The van der Waals surface area contributed by atoms with E-state index in [1.807, 2.05) is 42.5 Å². The highest BCUT2D eigenvalue weighted by molar-refractivity contribution is 7.73. The lowest BCUT2D eigenvalue weighted by Crippen LogP contribution is -2.34. The number of hydrogen-bond donors (Lipinski definition) is 2. The fourth-order valence-electron chi connectivity index (χ4n) is 3.55. The van der Waals surface area contributed by atoms with Crippen molar-refractivity contribution in [3.8, 4) is 0 Å². The molecular weight excluding hydrogens is 377 g/mol. The molecule has 150 valence electrons. The average molecular weight is 405 g/mol. The summed E-state index contributed by atoms with van der Waals surface area (Å²) in [5.41, 5.74) is 1.15. The van der Waals surface area contributed by atoms with Crippen molar-refractivity contribution >= 4 is 24.4 Å². The molecule has 0 unspecified atom stereocenters. The third kappa shape index (κ3) is 5.76. The molecule has 3 aromatic rings. The Balaban J connectivity index is 1.79. The van der Waals surface area contributed by atoms with Gasteiger partial charge >= 0.3 is 0 Å². The molecule has 0 aliphatic heterocycles. The van der Waals surface area contributed by atoms with Gasteiger partial charge in [-0.2, -0.15) is 0 Å². The van der Waals surface area contributed by atoms with Crippen molar-refractivity contribution in [3.05, 3.63) is 96.6 Å². The minimum Gasteiger partial charge on any atom is -0.394 e. The van der Waals surface area contributed by atoms with Crippen LogP contribution in [0.25, 0.3) is 0 Å². The largest absolute Gasteiger partial charge is 0.394 e. The standard InChI is InChI=1S/C25H28NO2P/c1-2-21(18-25(28)26-24(19-27)20-12-6-3-7-13-20)29(22-14-8-4-9-15-22)23-16-10-5-11-17-23/h3-17,21,24,27H,2,18-19H2,1H3,(H,26,28)/t21-,24+/m1/s1. The van der Waals surface area contributed by atoms with Gasteiger partial charge in [-0.1, -0.05) is 97.9 Å². The first-order valence-electron chi connectivity index (χ1n) is 10.1. The van der Waals surface area contributed by atoms with Gasteiger partial charge in [0.25, 0.3) is 0 Å². The summed E-state index contributed by atoms with van der Waals surface area (Å²) in [6.45, 7) is 2.04. The van der Waals surface area contributed by atoms with Crippen LogP contribution in [0.2, 0.25) is 0 Å². The van der Waals surface area contributed by atoms with Gasteiger partial charge in [-0.15, -0.1) is 0 Å². The fourth-order valence-corrected chi connectivity index (χ4v) is 6.39. The quantitative estimate of drug-likeness (QED) is 0.526. The molecule has 0 aliphatic carbocycles. The monoisotopic (exact) mass is 405 g/mol. The van der Waals surface area contributed by atoms with Gasteiger partial charge in [0.05, 0.1) is 12.6 Å². The normalized spacial score (nSPS) is 13.1. The zero-order valence-electron chi connectivity index (χ0n) is 16.7. The highest BCUT2D eigenvalue weighted by atomic mass is 31.1. The van der Waals surface area contributed by atoms with Gasteiger partial charge in [-0.25, -0.2) is 0 Å². The first-order chi connectivity index (χ1) is 14.2. The van der Waals surface area contributed by atoms with Crippen molar-refractivity contribution in [2.45, 2.75) is 31.5 Å². The average Bonchev–Trinajstić information content (AvgIpc) is 2.79. The van der Waals surface area contributed by atoms with Crippen LogP contribution in [0.4, 0.5) is 0 Å². The van der Waals surface area contributed by atoms with E-state index in [1.165, 1.54) is 10.6 Å². The van der Waals surface area contributed by atoms with Crippen LogP contribution in [0.3, 0.4) is 0 Å². The first kappa shape index (κ1) is 21.2. The number of benzene rings is 3. The fraction of sp³-hybridized carbons (Fsp3) is 0.240. The minimum absolute atomic E-state index is 0.0147. The van der Waals surface area contributed by atoms with Crippen molar-refractivity contribution in [1.29, 1.82) is 0 Å². The highest BCUT2D eigenvalue weighted by Crippen LogP contribution is 2.42. The maximum Gasteiger partial charge on any atom is 0.221 e. The van der Waals surface area contributed by atoms with Crippen LogP contribution in [0.15, 0.2) is 91.0 Å².